The molecule has 11 heteroatoms. The fraction of sp³-hybridized carbons (Fsp3) is 0.556. The molecule has 0 bridgehead atoms. The average molecular weight is 528 g/mol. The van der Waals surface area contributed by atoms with E-state index in [1.54, 1.807) is 17.0 Å². The number of nitriles is 1. The van der Waals surface area contributed by atoms with Gasteiger partial charge in [-0.05, 0) is 51.6 Å². The number of halogens is 1. The van der Waals surface area contributed by atoms with Crippen molar-refractivity contribution >= 4 is 23.3 Å². The Hall–Kier alpha value is -3.65. The van der Waals surface area contributed by atoms with Gasteiger partial charge in [0, 0.05) is 44.7 Å². The molecule has 2 heterocycles. The van der Waals surface area contributed by atoms with Gasteiger partial charge in [0.05, 0.1) is 11.8 Å². The third-order valence-corrected chi connectivity index (χ3v) is 6.21. The molecule has 2 aromatic rings. The fourth-order valence-corrected chi connectivity index (χ4v) is 4.20. The van der Waals surface area contributed by atoms with Gasteiger partial charge < -0.3 is 29.9 Å². The second-order valence-corrected chi connectivity index (χ2v) is 9.43. The summed E-state index contributed by atoms with van der Waals surface area (Å²) in [5.74, 6) is -0.186. The van der Waals surface area contributed by atoms with Crippen molar-refractivity contribution in [2.75, 3.05) is 49.9 Å². The molecule has 1 aromatic carbocycles. The minimum absolute atomic E-state index is 0.0892. The van der Waals surface area contributed by atoms with E-state index >= 15 is 0 Å². The number of nitrogens with one attached hydrogen (secondary N) is 2. The molecule has 10 nitrogen and oxygen atoms in total. The highest BCUT2D eigenvalue weighted by molar-refractivity contribution is 5.68. The van der Waals surface area contributed by atoms with E-state index < -0.39 is 5.82 Å². The minimum Gasteiger partial charge on any atom is -0.473 e. The maximum absolute atomic E-state index is 14.9. The molecule has 1 amide bonds. The molecule has 38 heavy (non-hydrogen) atoms. The van der Waals surface area contributed by atoms with Crippen molar-refractivity contribution in [2.24, 2.45) is 0 Å². The summed E-state index contributed by atoms with van der Waals surface area (Å²) in [6, 6.07) is 6.88. The van der Waals surface area contributed by atoms with Crippen LogP contribution in [0.15, 0.2) is 24.5 Å². The first-order valence-corrected chi connectivity index (χ1v) is 13.2. The van der Waals surface area contributed by atoms with Crippen molar-refractivity contribution < 1.29 is 18.7 Å². The van der Waals surface area contributed by atoms with Gasteiger partial charge in [-0.25, -0.2) is 19.2 Å². The summed E-state index contributed by atoms with van der Waals surface area (Å²) >= 11 is 0. The molecule has 0 saturated carbocycles. The Morgan fingerprint density at radius 2 is 2.03 bits per heavy atom. The standard InChI is InChI=1S/C27H38FN7O3/c1-5-12-34(6-2)15-11-30-20-7-8-24(23(28)16-20)33-25-22(17-29)26(32-18-31-25)38-21-9-13-35(14-10-21)27(36)37-19(3)4/h7-8,16,18-19,21,30H,5-6,9-15H2,1-4H3,(H,31,32,33). The lowest BCUT2D eigenvalue weighted by Gasteiger charge is -2.31. The molecule has 1 saturated heterocycles. The second kappa shape index (κ2) is 14.3. The molecule has 0 unspecified atom stereocenters. The molecule has 1 fully saturated rings. The number of benzene rings is 1. The molecule has 1 aliphatic rings. The highest BCUT2D eigenvalue weighted by Gasteiger charge is 2.27. The largest absolute Gasteiger partial charge is 0.473 e. The molecular weight excluding hydrogens is 489 g/mol. The number of ether oxygens (including phenoxy) is 2. The van der Waals surface area contributed by atoms with Crippen LogP contribution in [0, 0.1) is 17.1 Å². The third-order valence-electron chi connectivity index (χ3n) is 6.21. The SMILES string of the molecule is CCCN(CC)CCNc1ccc(Nc2ncnc(OC3CCN(C(=O)OC(C)C)CC3)c2C#N)c(F)c1. The van der Waals surface area contributed by atoms with E-state index in [0.29, 0.717) is 38.2 Å². The van der Waals surface area contributed by atoms with Crippen LogP contribution in [-0.2, 0) is 4.74 Å². The van der Waals surface area contributed by atoms with E-state index in [2.05, 4.69) is 45.4 Å². The van der Waals surface area contributed by atoms with Gasteiger partial charge in [0.1, 0.15) is 24.3 Å². The topological polar surface area (TPSA) is 116 Å². The number of likely N-dealkylation sites (tertiary alicyclic amines) is 1. The van der Waals surface area contributed by atoms with E-state index in [9.17, 15) is 14.4 Å². The smallest absolute Gasteiger partial charge is 0.410 e. The molecule has 206 valence electrons. The number of hydrogen-bond acceptors (Lipinski definition) is 9. The van der Waals surface area contributed by atoms with Gasteiger partial charge >= 0.3 is 6.09 Å². The Morgan fingerprint density at radius 1 is 1.26 bits per heavy atom. The minimum atomic E-state index is -0.471. The number of likely N-dealkylation sites (N-methyl/N-ethyl adjacent to an activating group) is 1. The van der Waals surface area contributed by atoms with Crippen LogP contribution in [0.25, 0.3) is 0 Å². The summed E-state index contributed by atoms with van der Waals surface area (Å²) in [6.45, 7) is 12.5. The first kappa shape index (κ1) is 28.9. The van der Waals surface area contributed by atoms with Gasteiger partial charge in [-0.15, -0.1) is 0 Å². The van der Waals surface area contributed by atoms with Gasteiger partial charge in [0.15, 0.2) is 11.4 Å². The summed E-state index contributed by atoms with van der Waals surface area (Å²) < 4.78 is 26.1. The quantitative estimate of drug-likeness (QED) is 0.403. The number of hydrogen-bond donors (Lipinski definition) is 2. The Labute approximate surface area is 224 Å². The van der Waals surface area contributed by atoms with E-state index in [1.165, 1.54) is 12.4 Å². The van der Waals surface area contributed by atoms with Crippen molar-refractivity contribution in [1.29, 1.82) is 5.26 Å². The van der Waals surface area contributed by atoms with Crippen molar-refractivity contribution in [3.63, 3.8) is 0 Å². The monoisotopic (exact) mass is 527 g/mol. The zero-order chi connectivity index (χ0) is 27.5. The molecule has 0 radical (unpaired) electrons. The number of piperidine rings is 1. The lowest BCUT2D eigenvalue weighted by Crippen LogP contribution is -2.42. The van der Waals surface area contributed by atoms with Crippen LogP contribution in [0.1, 0.15) is 52.5 Å². The van der Waals surface area contributed by atoms with Crippen LogP contribution in [0.3, 0.4) is 0 Å². The van der Waals surface area contributed by atoms with Crippen LogP contribution in [0.4, 0.5) is 26.4 Å². The molecule has 0 aliphatic carbocycles. The van der Waals surface area contributed by atoms with Crippen molar-refractivity contribution in [2.45, 2.75) is 59.2 Å². The normalized spacial score (nSPS) is 13.9. The predicted octanol–water partition coefficient (Wildman–Crippen LogP) is 4.76. The third kappa shape index (κ3) is 8.18. The maximum Gasteiger partial charge on any atom is 0.410 e. The van der Waals surface area contributed by atoms with Crippen LogP contribution in [-0.4, -0.2) is 77.3 Å². The van der Waals surface area contributed by atoms with Crippen molar-refractivity contribution in [3.8, 4) is 11.9 Å². The molecule has 3 rings (SSSR count). The number of amides is 1. The van der Waals surface area contributed by atoms with E-state index in [-0.39, 0.29) is 41.2 Å². The Bertz CT molecular complexity index is 1100. The first-order valence-electron chi connectivity index (χ1n) is 13.2. The molecule has 0 spiro atoms. The summed E-state index contributed by atoms with van der Waals surface area (Å²) in [7, 11) is 0. The van der Waals surface area contributed by atoms with Gasteiger partial charge in [-0.2, -0.15) is 5.26 Å². The number of nitrogens with zero attached hydrogens (tertiary/aromatic N) is 5. The summed E-state index contributed by atoms with van der Waals surface area (Å²) in [5.41, 5.74) is 0.956. The van der Waals surface area contributed by atoms with Gasteiger partial charge in [-0.3, -0.25) is 0 Å². The second-order valence-electron chi connectivity index (χ2n) is 9.43. The summed E-state index contributed by atoms with van der Waals surface area (Å²) in [5, 5.41) is 16.0. The Balaban J connectivity index is 1.60. The van der Waals surface area contributed by atoms with Gasteiger partial charge in [0.25, 0.3) is 0 Å². The maximum atomic E-state index is 14.9. The fourth-order valence-electron chi connectivity index (χ4n) is 4.20. The van der Waals surface area contributed by atoms with E-state index in [1.807, 2.05) is 13.8 Å². The predicted molar refractivity (Wildman–Crippen MR) is 144 cm³/mol. The van der Waals surface area contributed by atoms with Crippen LogP contribution in [0.5, 0.6) is 5.88 Å². The van der Waals surface area contributed by atoms with Crippen LogP contribution >= 0.6 is 0 Å². The van der Waals surface area contributed by atoms with Gasteiger partial charge in [0.2, 0.25) is 5.88 Å². The van der Waals surface area contributed by atoms with Gasteiger partial charge in [-0.1, -0.05) is 13.8 Å². The molecule has 1 aliphatic heterocycles. The van der Waals surface area contributed by atoms with Crippen LogP contribution in [0.2, 0.25) is 0 Å². The molecule has 2 N–H and O–H groups in total. The number of rotatable bonds is 12. The number of anilines is 3. The van der Waals surface area contributed by atoms with E-state index in [0.717, 1.165) is 26.1 Å². The average Bonchev–Trinajstić information content (AvgIpc) is 2.90. The summed E-state index contributed by atoms with van der Waals surface area (Å²) in [4.78, 5) is 24.4. The molecule has 1 aromatic heterocycles. The van der Waals surface area contributed by atoms with Crippen LogP contribution < -0.4 is 15.4 Å². The van der Waals surface area contributed by atoms with Crippen molar-refractivity contribution in [1.82, 2.24) is 19.8 Å². The summed E-state index contributed by atoms with van der Waals surface area (Å²) in [6.07, 6.45) is 2.77. The highest BCUT2D eigenvalue weighted by atomic mass is 19.1. The van der Waals surface area contributed by atoms with E-state index in [4.69, 9.17) is 9.47 Å². The Kier molecular flexibility index (Phi) is 10.9. The Morgan fingerprint density at radius 3 is 2.66 bits per heavy atom. The number of aromatic nitrogens is 2. The zero-order valence-electron chi connectivity index (χ0n) is 22.7. The number of carbonyl (C=O) groups is 1. The van der Waals surface area contributed by atoms with Crippen molar-refractivity contribution in [3.05, 3.63) is 35.9 Å². The highest BCUT2D eigenvalue weighted by Crippen LogP contribution is 2.28. The lowest BCUT2D eigenvalue weighted by molar-refractivity contribution is 0.0506. The molecular formula is C27H38FN7O3. The first-order chi connectivity index (χ1) is 18.3. The zero-order valence-corrected chi connectivity index (χ0v) is 22.7. The molecule has 0 atom stereocenters. The lowest BCUT2D eigenvalue weighted by atomic mass is 10.1. The number of carbonyl (C=O) groups excluding carboxylic acids is 1.